The zero-order chi connectivity index (χ0) is 24.0. The summed E-state index contributed by atoms with van der Waals surface area (Å²) in [4.78, 5) is 5.29. The molecule has 1 N–H and O–H groups in total. The molecule has 1 saturated carbocycles. The van der Waals surface area contributed by atoms with Crippen LogP contribution in [0.15, 0.2) is 24.3 Å². The molecule has 2 aliphatic rings. The Morgan fingerprint density at radius 2 is 1.79 bits per heavy atom. The largest absolute Gasteiger partial charge is 0.410 e. The van der Waals surface area contributed by atoms with Crippen LogP contribution in [0.3, 0.4) is 0 Å². The maximum Gasteiger partial charge on any atom is 0.190 e. The number of benzene rings is 1. The summed E-state index contributed by atoms with van der Waals surface area (Å²) in [7, 11) is -1.95. The highest BCUT2D eigenvalue weighted by Crippen LogP contribution is 2.50. The second kappa shape index (κ2) is 9.24. The van der Waals surface area contributed by atoms with Gasteiger partial charge < -0.3 is 9.53 Å². The summed E-state index contributed by atoms with van der Waals surface area (Å²) in [6, 6.07) is 6.75. The van der Waals surface area contributed by atoms with Crippen molar-refractivity contribution in [2.24, 2.45) is 5.41 Å². The van der Waals surface area contributed by atoms with Crippen LogP contribution < -0.4 is 0 Å². The molecule has 3 nitrogen and oxygen atoms in total. The van der Waals surface area contributed by atoms with Crippen molar-refractivity contribution in [2.75, 3.05) is 0 Å². The third-order valence-corrected chi connectivity index (χ3v) is 11.7. The molecule has 33 heavy (non-hydrogen) atoms. The first-order chi connectivity index (χ1) is 15.5. The zero-order valence-corrected chi connectivity index (χ0v) is 22.2. The van der Waals surface area contributed by atoms with Crippen LogP contribution in [0, 0.1) is 11.2 Å². The fourth-order valence-electron chi connectivity index (χ4n) is 5.57. The Morgan fingerprint density at radius 3 is 2.36 bits per heavy atom. The number of halogens is 1. The Morgan fingerprint density at radius 1 is 1.15 bits per heavy atom. The minimum absolute atomic E-state index is 0.0556. The van der Waals surface area contributed by atoms with Crippen LogP contribution >= 0.6 is 0 Å². The van der Waals surface area contributed by atoms with Crippen molar-refractivity contribution in [3.8, 4) is 11.1 Å². The number of hydrogen-bond donors (Lipinski definition) is 1. The van der Waals surface area contributed by atoms with E-state index in [9.17, 15) is 9.50 Å². The van der Waals surface area contributed by atoms with E-state index in [0.29, 0.717) is 11.5 Å². The van der Waals surface area contributed by atoms with Gasteiger partial charge in [0.05, 0.1) is 12.7 Å². The molecule has 4 rings (SSSR count). The maximum absolute atomic E-state index is 13.9. The molecule has 180 valence electrons. The number of fused-ring (bicyclic) bond motifs is 1. The topological polar surface area (TPSA) is 42.4 Å². The molecule has 2 aromatic rings. The predicted molar refractivity (Wildman–Crippen MR) is 135 cm³/mol. The van der Waals surface area contributed by atoms with E-state index in [2.05, 4.69) is 40.8 Å². The van der Waals surface area contributed by atoms with Gasteiger partial charge in [0, 0.05) is 28.4 Å². The third kappa shape index (κ3) is 4.96. The zero-order valence-electron chi connectivity index (χ0n) is 21.2. The molecule has 1 heterocycles. The van der Waals surface area contributed by atoms with Crippen LogP contribution in [0.5, 0.6) is 0 Å². The Balaban J connectivity index is 1.98. The van der Waals surface area contributed by atoms with Gasteiger partial charge in [-0.25, -0.2) is 4.39 Å². The fraction of sp³-hybridized carbons (Fsp3) is 0.607. The monoisotopic (exact) mass is 469 g/mol. The van der Waals surface area contributed by atoms with Gasteiger partial charge in [-0.2, -0.15) is 0 Å². The molecular formula is C28H40FNO2Si. The number of hydrogen-bond acceptors (Lipinski definition) is 3. The molecule has 0 bridgehead atoms. The molecule has 0 amide bonds. The Bertz CT molecular complexity index is 994. The second-order valence-electron chi connectivity index (χ2n) is 11.8. The lowest BCUT2D eigenvalue weighted by Crippen LogP contribution is -2.39. The van der Waals surface area contributed by atoms with E-state index < -0.39 is 8.32 Å². The third-order valence-electron chi connectivity index (χ3n) is 8.02. The van der Waals surface area contributed by atoms with E-state index in [0.717, 1.165) is 59.3 Å². The first-order valence-corrected chi connectivity index (χ1v) is 15.6. The average Bonchev–Trinajstić information content (AvgIpc) is 3.26. The smallest absolute Gasteiger partial charge is 0.190 e. The van der Waals surface area contributed by atoms with Crippen LogP contribution in [-0.4, -0.2) is 18.4 Å². The molecule has 0 aliphatic heterocycles. The number of aromatic nitrogens is 1. The first-order valence-electron chi connectivity index (χ1n) is 12.6. The molecule has 1 fully saturated rings. The molecule has 0 radical (unpaired) electrons. The quantitative estimate of drug-likeness (QED) is 0.441. The standard InChI is InChI=1S/C28H40FNO2Si/c1-18(2)33(5,6)32-24-16-28(3,4)15-23-26(24)25(19-11-13-21(29)14-12-19)22(17-31)27(30-23)20-9-7-8-10-20/h11-14,18,20,24,31H,7-10,15-17H2,1-6H3. The van der Waals surface area contributed by atoms with Gasteiger partial charge in [-0.3, -0.25) is 4.98 Å². The lowest BCUT2D eigenvalue weighted by atomic mass is 9.72. The Labute approximate surface area is 199 Å². The summed E-state index contributed by atoms with van der Waals surface area (Å²) in [6.45, 7) is 13.7. The minimum Gasteiger partial charge on any atom is -0.410 e. The molecule has 1 aromatic carbocycles. The number of pyridine rings is 1. The Kier molecular flexibility index (Phi) is 6.87. The highest BCUT2D eigenvalue weighted by atomic mass is 28.4. The number of rotatable bonds is 6. The number of aliphatic hydroxyl groups excluding tert-OH is 1. The SMILES string of the molecule is CC(C)[Si](C)(C)OC1CC(C)(C)Cc2nc(C3CCCC3)c(CO)c(-c3ccc(F)cc3)c21. The van der Waals surface area contributed by atoms with Crippen LogP contribution in [0.25, 0.3) is 11.1 Å². The summed E-state index contributed by atoms with van der Waals surface area (Å²) >= 11 is 0. The molecule has 1 atom stereocenters. The van der Waals surface area contributed by atoms with Gasteiger partial charge in [0.1, 0.15) is 5.82 Å². The van der Waals surface area contributed by atoms with E-state index in [-0.39, 0.29) is 23.9 Å². The molecule has 0 saturated heterocycles. The molecule has 2 aliphatic carbocycles. The fourth-order valence-corrected chi connectivity index (χ4v) is 6.77. The summed E-state index contributed by atoms with van der Waals surface area (Å²) < 4.78 is 20.9. The molecule has 5 heteroatoms. The van der Waals surface area contributed by atoms with Gasteiger partial charge in [-0.1, -0.05) is 52.7 Å². The molecule has 1 unspecified atom stereocenters. The van der Waals surface area contributed by atoms with Gasteiger partial charge in [0.2, 0.25) is 0 Å². The minimum atomic E-state index is -1.95. The van der Waals surface area contributed by atoms with E-state index in [1.807, 2.05) is 12.1 Å². The van der Waals surface area contributed by atoms with Crippen molar-refractivity contribution in [1.29, 1.82) is 0 Å². The predicted octanol–water partition coefficient (Wildman–Crippen LogP) is 7.68. The lowest BCUT2D eigenvalue weighted by molar-refractivity contribution is 0.110. The van der Waals surface area contributed by atoms with Crippen molar-refractivity contribution in [2.45, 2.75) is 103 Å². The molecule has 1 aromatic heterocycles. The van der Waals surface area contributed by atoms with E-state index in [4.69, 9.17) is 9.41 Å². The van der Waals surface area contributed by atoms with Crippen molar-refractivity contribution in [3.63, 3.8) is 0 Å². The van der Waals surface area contributed by atoms with Crippen molar-refractivity contribution < 1.29 is 13.9 Å². The highest BCUT2D eigenvalue weighted by Gasteiger charge is 2.41. The van der Waals surface area contributed by atoms with Crippen molar-refractivity contribution >= 4 is 8.32 Å². The van der Waals surface area contributed by atoms with Crippen LogP contribution in [0.2, 0.25) is 18.6 Å². The van der Waals surface area contributed by atoms with E-state index >= 15 is 0 Å². The molecular weight excluding hydrogens is 429 g/mol. The Hall–Kier alpha value is -1.56. The van der Waals surface area contributed by atoms with Gasteiger partial charge >= 0.3 is 0 Å². The van der Waals surface area contributed by atoms with Gasteiger partial charge in [0.15, 0.2) is 8.32 Å². The highest BCUT2D eigenvalue weighted by molar-refractivity contribution is 6.72. The van der Waals surface area contributed by atoms with Crippen molar-refractivity contribution in [3.05, 3.63) is 52.6 Å². The second-order valence-corrected chi connectivity index (χ2v) is 16.4. The normalized spacial score (nSPS) is 20.9. The summed E-state index contributed by atoms with van der Waals surface area (Å²) in [5.41, 5.74) is 6.79. The molecule has 0 spiro atoms. The number of aliphatic hydroxyl groups is 1. The van der Waals surface area contributed by atoms with Gasteiger partial charge in [-0.05, 0) is 73.0 Å². The van der Waals surface area contributed by atoms with Crippen LogP contribution in [0.4, 0.5) is 4.39 Å². The number of nitrogens with zero attached hydrogens (tertiary/aromatic N) is 1. The maximum atomic E-state index is 13.9. The summed E-state index contributed by atoms with van der Waals surface area (Å²) in [5, 5.41) is 10.6. The lowest BCUT2D eigenvalue weighted by Gasteiger charge is -2.42. The average molecular weight is 470 g/mol. The van der Waals surface area contributed by atoms with Gasteiger partial charge in [0.25, 0.3) is 0 Å². The summed E-state index contributed by atoms with van der Waals surface area (Å²) in [6.07, 6.45) is 6.43. The van der Waals surface area contributed by atoms with Crippen LogP contribution in [-0.2, 0) is 17.5 Å². The summed E-state index contributed by atoms with van der Waals surface area (Å²) in [5.74, 6) is 0.146. The van der Waals surface area contributed by atoms with E-state index in [1.54, 1.807) is 0 Å². The van der Waals surface area contributed by atoms with Gasteiger partial charge in [-0.15, -0.1) is 0 Å². The van der Waals surface area contributed by atoms with E-state index in [1.165, 1.54) is 25.0 Å². The van der Waals surface area contributed by atoms with Crippen LogP contribution in [0.1, 0.15) is 94.3 Å². The first kappa shape index (κ1) is 24.6. The van der Waals surface area contributed by atoms with Crippen molar-refractivity contribution in [1.82, 2.24) is 4.98 Å².